The summed E-state index contributed by atoms with van der Waals surface area (Å²) in [5, 5.41) is 9.85. The molecular formula is C19H23ClN4O2S. The van der Waals surface area contributed by atoms with Crippen LogP contribution in [0.5, 0.6) is 0 Å². The molecule has 1 aliphatic heterocycles. The first-order valence-corrected chi connectivity index (χ1v) is 10.1. The molecule has 1 aromatic heterocycles. The van der Waals surface area contributed by atoms with Gasteiger partial charge in [-0.05, 0) is 41.6 Å². The van der Waals surface area contributed by atoms with E-state index in [9.17, 15) is 9.59 Å². The predicted octanol–water partition coefficient (Wildman–Crippen LogP) is 2.44. The molecule has 0 radical (unpaired) electrons. The first-order chi connectivity index (χ1) is 13.0. The molecule has 2 aromatic rings. The normalized spacial score (nSPS) is 16.7. The molecule has 0 aliphatic carbocycles. The first kappa shape index (κ1) is 19.8. The number of halogens is 1. The van der Waals surface area contributed by atoms with Crippen LogP contribution in [-0.2, 0) is 9.59 Å². The van der Waals surface area contributed by atoms with Crippen LogP contribution in [0.15, 0.2) is 41.1 Å². The fourth-order valence-corrected chi connectivity index (χ4v) is 3.96. The Hall–Kier alpha value is -1.93. The minimum atomic E-state index is -0.717. The molecule has 3 rings (SSSR count). The van der Waals surface area contributed by atoms with Crippen LogP contribution in [-0.4, -0.2) is 61.4 Å². The van der Waals surface area contributed by atoms with E-state index in [0.29, 0.717) is 17.3 Å². The maximum Gasteiger partial charge on any atom is 0.313 e. The molecule has 1 aliphatic rings. The lowest BCUT2D eigenvalue weighted by Gasteiger charge is -2.37. The Labute approximate surface area is 168 Å². The number of nitrogens with one attached hydrogen (secondary N) is 2. The molecule has 1 atom stereocenters. The summed E-state index contributed by atoms with van der Waals surface area (Å²) in [6.45, 7) is 4.22. The highest BCUT2D eigenvalue weighted by atomic mass is 35.5. The number of hydrogen-bond donors (Lipinski definition) is 2. The largest absolute Gasteiger partial charge is 0.346 e. The maximum atomic E-state index is 12.3. The molecule has 6 nitrogen and oxygen atoms in total. The van der Waals surface area contributed by atoms with Gasteiger partial charge in [0.2, 0.25) is 0 Å². The molecule has 1 saturated heterocycles. The molecule has 2 N–H and O–H groups in total. The number of nitrogens with zero attached hydrogens (tertiary/aromatic N) is 2. The van der Waals surface area contributed by atoms with Gasteiger partial charge in [0.1, 0.15) is 0 Å². The second-order valence-electron chi connectivity index (χ2n) is 6.56. The second kappa shape index (κ2) is 9.32. The van der Waals surface area contributed by atoms with Gasteiger partial charge >= 0.3 is 11.8 Å². The average molecular weight is 407 g/mol. The summed E-state index contributed by atoms with van der Waals surface area (Å²) in [7, 11) is 2.11. The van der Waals surface area contributed by atoms with Crippen molar-refractivity contribution < 1.29 is 9.59 Å². The smallest absolute Gasteiger partial charge is 0.313 e. The molecule has 27 heavy (non-hydrogen) atoms. The highest BCUT2D eigenvalue weighted by Crippen LogP contribution is 2.24. The number of thiophene rings is 1. The number of carbonyl (C=O) groups is 2. The Balaban J connectivity index is 1.60. The van der Waals surface area contributed by atoms with Crippen molar-refractivity contribution in [2.75, 3.05) is 45.1 Å². The van der Waals surface area contributed by atoms with Crippen molar-refractivity contribution in [3.05, 3.63) is 51.7 Å². The van der Waals surface area contributed by atoms with Gasteiger partial charge in [-0.3, -0.25) is 14.5 Å². The number of rotatable bonds is 5. The number of amides is 2. The lowest BCUT2D eigenvalue weighted by Crippen LogP contribution is -2.49. The molecular weight excluding hydrogens is 384 g/mol. The molecule has 0 spiro atoms. The van der Waals surface area contributed by atoms with Crippen molar-refractivity contribution in [3.63, 3.8) is 0 Å². The highest BCUT2D eigenvalue weighted by Gasteiger charge is 2.25. The van der Waals surface area contributed by atoms with E-state index in [-0.39, 0.29) is 6.04 Å². The lowest BCUT2D eigenvalue weighted by atomic mass is 10.1. The van der Waals surface area contributed by atoms with Crippen molar-refractivity contribution in [2.45, 2.75) is 6.04 Å². The van der Waals surface area contributed by atoms with Gasteiger partial charge in [0.05, 0.1) is 16.8 Å². The second-order valence-corrected chi connectivity index (χ2v) is 7.74. The number of carbonyl (C=O) groups excluding carboxylic acids is 2. The number of hydrogen-bond acceptors (Lipinski definition) is 5. The van der Waals surface area contributed by atoms with Crippen LogP contribution >= 0.6 is 22.9 Å². The van der Waals surface area contributed by atoms with Crippen LogP contribution in [0.4, 0.5) is 5.69 Å². The minimum Gasteiger partial charge on any atom is -0.346 e. The van der Waals surface area contributed by atoms with Gasteiger partial charge in [-0.2, -0.15) is 11.3 Å². The summed E-state index contributed by atoms with van der Waals surface area (Å²) >= 11 is 7.66. The number of anilines is 1. The summed E-state index contributed by atoms with van der Waals surface area (Å²) in [5.74, 6) is -1.38. The Morgan fingerprint density at radius 1 is 1.15 bits per heavy atom. The van der Waals surface area contributed by atoms with Gasteiger partial charge in [0.15, 0.2) is 0 Å². The van der Waals surface area contributed by atoms with E-state index in [2.05, 4.69) is 38.9 Å². The molecule has 0 bridgehead atoms. The molecule has 8 heteroatoms. The summed E-state index contributed by atoms with van der Waals surface area (Å²) in [4.78, 5) is 29.1. The van der Waals surface area contributed by atoms with Crippen LogP contribution in [0.3, 0.4) is 0 Å². The third kappa shape index (κ3) is 5.29. The molecule has 2 heterocycles. The van der Waals surface area contributed by atoms with E-state index < -0.39 is 11.8 Å². The lowest BCUT2D eigenvalue weighted by molar-refractivity contribution is -0.136. The van der Waals surface area contributed by atoms with Gasteiger partial charge in [0.25, 0.3) is 0 Å². The average Bonchev–Trinajstić information content (AvgIpc) is 3.19. The Bertz CT molecular complexity index is 776. The van der Waals surface area contributed by atoms with Gasteiger partial charge in [-0.15, -0.1) is 0 Å². The molecule has 1 unspecified atom stereocenters. The van der Waals surface area contributed by atoms with E-state index in [4.69, 9.17) is 11.6 Å². The van der Waals surface area contributed by atoms with Crippen LogP contribution in [0.25, 0.3) is 0 Å². The Kier molecular flexibility index (Phi) is 6.84. The number of benzene rings is 1. The Morgan fingerprint density at radius 2 is 1.89 bits per heavy atom. The number of likely N-dealkylation sites (N-methyl/N-ethyl adjacent to an activating group) is 1. The van der Waals surface area contributed by atoms with Gasteiger partial charge in [-0.1, -0.05) is 23.7 Å². The fraction of sp³-hybridized carbons (Fsp3) is 0.368. The van der Waals surface area contributed by atoms with Gasteiger partial charge in [0, 0.05) is 32.7 Å². The van der Waals surface area contributed by atoms with Crippen LogP contribution < -0.4 is 10.6 Å². The zero-order valence-electron chi connectivity index (χ0n) is 15.2. The number of piperazine rings is 1. The molecule has 144 valence electrons. The zero-order valence-corrected chi connectivity index (χ0v) is 16.7. The Morgan fingerprint density at radius 3 is 2.56 bits per heavy atom. The standard InChI is InChI=1S/C19H23ClN4O2S/c1-23-7-9-24(10-8-23)17(14-6-11-27-13-14)12-21-18(25)19(26)22-16-5-3-2-4-15(16)20/h2-6,11,13,17H,7-10,12H2,1H3,(H,21,25)(H,22,26). The summed E-state index contributed by atoms with van der Waals surface area (Å²) < 4.78 is 0. The van der Waals surface area contributed by atoms with Crippen LogP contribution in [0, 0.1) is 0 Å². The first-order valence-electron chi connectivity index (χ1n) is 8.83. The van der Waals surface area contributed by atoms with Crippen LogP contribution in [0.2, 0.25) is 5.02 Å². The molecule has 0 saturated carbocycles. The maximum absolute atomic E-state index is 12.3. The zero-order chi connectivity index (χ0) is 19.2. The predicted molar refractivity (Wildman–Crippen MR) is 109 cm³/mol. The van der Waals surface area contributed by atoms with Gasteiger partial charge < -0.3 is 15.5 Å². The quantitative estimate of drug-likeness (QED) is 0.748. The van der Waals surface area contributed by atoms with Crippen LogP contribution in [0.1, 0.15) is 11.6 Å². The van der Waals surface area contributed by atoms with Crippen molar-refractivity contribution in [1.29, 1.82) is 0 Å². The summed E-state index contributed by atoms with van der Waals surface area (Å²) in [5.41, 5.74) is 1.59. The molecule has 1 fully saturated rings. The van der Waals surface area contributed by atoms with E-state index in [1.54, 1.807) is 35.6 Å². The minimum absolute atomic E-state index is 0.0574. The highest BCUT2D eigenvalue weighted by molar-refractivity contribution is 7.08. The summed E-state index contributed by atoms with van der Waals surface area (Å²) in [6, 6.07) is 8.96. The topological polar surface area (TPSA) is 64.7 Å². The monoisotopic (exact) mass is 406 g/mol. The SMILES string of the molecule is CN1CCN(C(CNC(=O)C(=O)Nc2ccccc2Cl)c2ccsc2)CC1. The summed E-state index contributed by atoms with van der Waals surface area (Å²) in [6.07, 6.45) is 0. The molecule has 1 aromatic carbocycles. The molecule has 2 amide bonds. The van der Waals surface area contributed by atoms with E-state index in [1.807, 2.05) is 5.38 Å². The van der Waals surface area contributed by atoms with Crippen molar-refractivity contribution in [2.24, 2.45) is 0 Å². The van der Waals surface area contributed by atoms with Crippen molar-refractivity contribution in [1.82, 2.24) is 15.1 Å². The third-order valence-corrected chi connectivity index (χ3v) is 5.72. The van der Waals surface area contributed by atoms with Crippen molar-refractivity contribution >= 4 is 40.4 Å². The van der Waals surface area contributed by atoms with E-state index in [0.717, 1.165) is 31.7 Å². The van der Waals surface area contributed by atoms with Gasteiger partial charge in [-0.25, -0.2) is 0 Å². The van der Waals surface area contributed by atoms with E-state index in [1.165, 1.54) is 0 Å². The van der Waals surface area contributed by atoms with Crippen molar-refractivity contribution in [3.8, 4) is 0 Å². The van der Waals surface area contributed by atoms with E-state index >= 15 is 0 Å². The fourth-order valence-electron chi connectivity index (χ4n) is 3.07. The third-order valence-electron chi connectivity index (χ3n) is 4.69. The number of para-hydroxylation sites is 1.